The van der Waals surface area contributed by atoms with Crippen molar-refractivity contribution in [3.05, 3.63) is 59.2 Å². The zero-order chi connectivity index (χ0) is 16.1. The van der Waals surface area contributed by atoms with E-state index in [0.29, 0.717) is 12.1 Å². The van der Waals surface area contributed by atoms with Crippen LogP contribution in [0.2, 0.25) is 0 Å². The van der Waals surface area contributed by atoms with Crippen molar-refractivity contribution in [1.82, 2.24) is 5.32 Å². The van der Waals surface area contributed by atoms with Crippen molar-refractivity contribution in [2.45, 2.75) is 13.0 Å². The lowest BCUT2D eigenvalue weighted by Crippen LogP contribution is -2.26. The summed E-state index contributed by atoms with van der Waals surface area (Å²) in [7, 11) is 0. The van der Waals surface area contributed by atoms with Crippen LogP contribution in [-0.2, 0) is 13.0 Å². The summed E-state index contributed by atoms with van der Waals surface area (Å²) >= 11 is 0. The average molecular weight is 312 g/mol. The highest BCUT2D eigenvalue weighted by Crippen LogP contribution is 2.26. The summed E-state index contributed by atoms with van der Waals surface area (Å²) in [4.78, 5) is 11.9. The van der Waals surface area contributed by atoms with Gasteiger partial charge in [-0.25, -0.2) is 0 Å². The molecule has 0 aromatic heterocycles. The van der Waals surface area contributed by atoms with Gasteiger partial charge in [0.15, 0.2) is 0 Å². The Morgan fingerprint density at radius 3 is 3.00 bits per heavy atom. The molecule has 0 bridgehead atoms. The minimum absolute atomic E-state index is 0.0638. The number of aliphatic hydroxyl groups is 1. The van der Waals surface area contributed by atoms with Crippen LogP contribution in [0.5, 0.6) is 5.75 Å². The molecular weight excluding hydrogens is 292 g/mol. The SMILES string of the molecule is O=C(NCCO)c1cccc(NCc2ccc3c(c2)CCO3)c1. The van der Waals surface area contributed by atoms with Crippen LogP contribution < -0.4 is 15.4 Å². The van der Waals surface area contributed by atoms with E-state index in [2.05, 4.69) is 22.8 Å². The van der Waals surface area contributed by atoms with Crippen molar-refractivity contribution in [2.75, 3.05) is 25.1 Å². The summed E-state index contributed by atoms with van der Waals surface area (Å²) in [6.45, 7) is 1.64. The van der Waals surface area contributed by atoms with Crippen LogP contribution in [0.3, 0.4) is 0 Å². The van der Waals surface area contributed by atoms with Gasteiger partial charge in [-0.1, -0.05) is 18.2 Å². The molecule has 1 heterocycles. The smallest absolute Gasteiger partial charge is 0.251 e. The van der Waals surface area contributed by atoms with Gasteiger partial charge in [-0.3, -0.25) is 4.79 Å². The van der Waals surface area contributed by atoms with Gasteiger partial charge < -0.3 is 20.5 Å². The Labute approximate surface area is 135 Å². The fourth-order valence-corrected chi connectivity index (χ4v) is 2.60. The van der Waals surface area contributed by atoms with Crippen molar-refractivity contribution in [2.24, 2.45) is 0 Å². The van der Waals surface area contributed by atoms with Gasteiger partial charge in [0.1, 0.15) is 5.75 Å². The van der Waals surface area contributed by atoms with Crippen LogP contribution in [0.1, 0.15) is 21.5 Å². The van der Waals surface area contributed by atoms with Crippen LogP contribution in [0.25, 0.3) is 0 Å². The third-order valence-electron chi connectivity index (χ3n) is 3.77. The maximum Gasteiger partial charge on any atom is 0.251 e. The molecule has 0 spiro atoms. The van der Waals surface area contributed by atoms with Crippen molar-refractivity contribution in [3.63, 3.8) is 0 Å². The molecule has 1 aliphatic heterocycles. The molecule has 0 fully saturated rings. The first kappa shape index (κ1) is 15.4. The summed E-state index contributed by atoms with van der Waals surface area (Å²) in [5, 5.41) is 14.7. The first-order valence-electron chi connectivity index (χ1n) is 7.74. The monoisotopic (exact) mass is 312 g/mol. The Kier molecular flexibility index (Phi) is 4.78. The Morgan fingerprint density at radius 2 is 2.13 bits per heavy atom. The van der Waals surface area contributed by atoms with Gasteiger partial charge in [0.2, 0.25) is 0 Å². The second-order valence-corrected chi connectivity index (χ2v) is 5.45. The number of hydrogen-bond donors (Lipinski definition) is 3. The Balaban J connectivity index is 1.63. The maximum atomic E-state index is 11.9. The van der Waals surface area contributed by atoms with Crippen molar-refractivity contribution >= 4 is 11.6 Å². The topological polar surface area (TPSA) is 70.6 Å². The van der Waals surface area contributed by atoms with E-state index in [9.17, 15) is 4.79 Å². The zero-order valence-corrected chi connectivity index (χ0v) is 12.8. The predicted molar refractivity (Wildman–Crippen MR) is 88.8 cm³/mol. The highest BCUT2D eigenvalue weighted by atomic mass is 16.5. The quantitative estimate of drug-likeness (QED) is 0.762. The molecule has 1 amide bonds. The van der Waals surface area contributed by atoms with E-state index in [1.54, 1.807) is 6.07 Å². The van der Waals surface area contributed by atoms with E-state index in [1.807, 2.05) is 24.3 Å². The molecule has 0 saturated heterocycles. The van der Waals surface area contributed by atoms with Gasteiger partial charge in [-0.15, -0.1) is 0 Å². The predicted octanol–water partition coefficient (Wildman–Crippen LogP) is 1.96. The van der Waals surface area contributed by atoms with Gasteiger partial charge in [0.05, 0.1) is 13.2 Å². The van der Waals surface area contributed by atoms with Gasteiger partial charge in [0, 0.05) is 30.8 Å². The number of aliphatic hydroxyl groups excluding tert-OH is 1. The molecule has 0 unspecified atom stereocenters. The molecular formula is C18H20N2O3. The molecule has 120 valence electrons. The van der Waals surface area contributed by atoms with Gasteiger partial charge in [-0.05, 0) is 35.4 Å². The number of amides is 1. The van der Waals surface area contributed by atoms with Crippen molar-refractivity contribution < 1.29 is 14.6 Å². The molecule has 0 radical (unpaired) electrons. The molecule has 3 N–H and O–H groups in total. The highest BCUT2D eigenvalue weighted by molar-refractivity contribution is 5.95. The number of hydrogen-bond acceptors (Lipinski definition) is 4. The number of nitrogens with one attached hydrogen (secondary N) is 2. The van der Waals surface area contributed by atoms with Gasteiger partial charge in [-0.2, -0.15) is 0 Å². The van der Waals surface area contributed by atoms with Crippen LogP contribution in [0, 0.1) is 0 Å². The first-order chi connectivity index (χ1) is 11.3. The number of rotatable bonds is 6. The first-order valence-corrected chi connectivity index (χ1v) is 7.74. The highest BCUT2D eigenvalue weighted by Gasteiger charge is 2.12. The normalized spacial score (nSPS) is 12.4. The van der Waals surface area contributed by atoms with Crippen molar-refractivity contribution in [3.8, 4) is 5.75 Å². The van der Waals surface area contributed by atoms with E-state index in [1.165, 1.54) is 11.1 Å². The zero-order valence-electron chi connectivity index (χ0n) is 12.8. The molecule has 0 aliphatic carbocycles. The van der Waals surface area contributed by atoms with E-state index >= 15 is 0 Å². The maximum absolute atomic E-state index is 11.9. The molecule has 3 rings (SSSR count). The molecule has 5 heteroatoms. The Hall–Kier alpha value is -2.53. The minimum atomic E-state index is -0.183. The third kappa shape index (κ3) is 3.81. The lowest BCUT2D eigenvalue weighted by Gasteiger charge is -2.10. The standard InChI is InChI=1S/C18H20N2O3/c21-8-7-19-18(22)15-2-1-3-16(11-15)20-12-13-4-5-17-14(10-13)6-9-23-17/h1-5,10-11,20-21H,6-9,12H2,(H,19,22). The van der Waals surface area contributed by atoms with E-state index < -0.39 is 0 Å². The Morgan fingerprint density at radius 1 is 1.22 bits per heavy atom. The number of anilines is 1. The fourth-order valence-electron chi connectivity index (χ4n) is 2.60. The molecule has 2 aromatic carbocycles. The van der Waals surface area contributed by atoms with E-state index in [0.717, 1.165) is 24.5 Å². The summed E-state index contributed by atoms with van der Waals surface area (Å²) < 4.78 is 5.51. The van der Waals surface area contributed by atoms with Crippen LogP contribution in [0.4, 0.5) is 5.69 Å². The molecule has 0 saturated carbocycles. The average Bonchev–Trinajstić information content (AvgIpc) is 3.06. The summed E-state index contributed by atoms with van der Waals surface area (Å²) in [6.07, 6.45) is 0.962. The number of fused-ring (bicyclic) bond motifs is 1. The molecule has 5 nitrogen and oxygen atoms in total. The number of ether oxygens (including phenoxy) is 1. The van der Waals surface area contributed by atoms with Crippen LogP contribution in [0.15, 0.2) is 42.5 Å². The van der Waals surface area contributed by atoms with Crippen LogP contribution >= 0.6 is 0 Å². The molecule has 23 heavy (non-hydrogen) atoms. The minimum Gasteiger partial charge on any atom is -0.493 e. The van der Waals surface area contributed by atoms with Gasteiger partial charge >= 0.3 is 0 Å². The summed E-state index contributed by atoms with van der Waals surface area (Å²) in [6, 6.07) is 13.6. The fraction of sp³-hybridized carbons (Fsp3) is 0.278. The van der Waals surface area contributed by atoms with Crippen LogP contribution in [-0.4, -0.2) is 30.8 Å². The molecule has 1 aliphatic rings. The molecule has 2 aromatic rings. The second-order valence-electron chi connectivity index (χ2n) is 5.45. The van der Waals surface area contributed by atoms with E-state index in [-0.39, 0.29) is 19.1 Å². The third-order valence-corrected chi connectivity index (χ3v) is 3.77. The number of carbonyl (C=O) groups excluding carboxylic acids is 1. The Bertz CT molecular complexity index is 700. The van der Waals surface area contributed by atoms with E-state index in [4.69, 9.17) is 9.84 Å². The summed E-state index contributed by atoms with van der Waals surface area (Å²) in [5.74, 6) is 0.800. The number of carbonyl (C=O) groups is 1. The van der Waals surface area contributed by atoms with Crippen molar-refractivity contribution in [1.29, 1.82) is 0 Å². The van der Waals surface area contributed by atoms with Gasteiger partial charge in [0.25, 0.3) is 5.91 Å². The largest absolute Gasteiger partial charge is 0.493 e. The lowest BCUT2D eigenvalue weighted by molar-refractivity contribution is 0.0945. The molecule has 0 atom stereocenters. The second kappa shape index (κ2) is 7.15. The summed E-state index contributed by atoms with van der Waals surface area (Å²) in [5.41, 5.74) is 3.90. The lowest BCUT2D eigenvalue weighted by atomic mass is 10.1. The number of benzene rings is 2.